The molecule has 0 heterocycles. The summed E-state index contributed by atoms with van der Waals surface area (Å²) in [5, 5.41) is 8.18. The zero-order chi connectivity index (χ0) is 25.7. The molecule has 2 radical (unpaired) electrons. The highest BCUT2D eigenvalue weighted by Gasteiger charge is 2.28. The number of rotatable bonds is 14. The molecule has 1 aromatic rings. The van der Waals surface area contributed by atoms with E-state index in [1.54, 1.807) is 0 Å². The number of benzene rings is 1. The number of carbonyl (C=O) groups is 3. The molecule has 186 valence electrons. The van der Waals surface area contributed by atoms with E-state index in [4.69, 9.17) is 25.0 Å². The summed E-state index contributed by atoms with van der Waals surface area (Å²) in [4.78, 5) is 42.2. The number of hydrogen-bond acceptors (Lipinski definition) is 5. The Labute approximate surface area is 203 Å². The molecular formula is C23H38BN7O3. The van der Waals surface area contributed by atoms with Gasteiger partial charge in [-0.1, -0.05) is 44.2 Å². The summed E-state index contributed by atoms with van der Waals surface area (Å²) in [6, 6.07) is 6.70. The van der Waals surface area contributed by atoms with Crippen LogP contribution in [0.4, 0.5) is 0 Å². The molecule has 0 bridgehead atoms. The largest absolute Gasteiger partial charge is 0.370 e. The van der Waals surface area contributed by atoms with Crippen molar-refractivity contribution in [3.8, 4) is 0 Å². The molecule has 4 atom stereocenters. The van der Waals surface area contributed by atoms with E-state index in [-0.39, 0.29) is 25.3 Å². The number of hydrogen-bond donors (Lipinski definition) is 6. The molecule has 0 saturated heterocycles. The fraction of sp³-hybridized carbons (Fsp3) is 0.565. The molecule has 1 aromatic carbocycles. The first kappa shape index (κ1) is 29.0. The molecule has 0 aromatic heterocycles. The normalized spacial score (nSPS) is 14.4. The van der Waals surface area contributed by atoms with Crippen LogP contribution in [0.25, 0.3) is 0 Å². The third-order valence-corrected chi connectivity index (χ3v) is 4.96. The SMILES string of the molecule is [B][C@H](CC(C)C)NC(=O)[C@H](Cc1ccccc1)NC(=O)[C@H](CCCN=C(N)N)NC(=O)[C@H](C)N. The van der Waals surface area contributed by atoms with E-state index >= 15 is 0 Å². The van der Waals surface area contributed by atoms with E-state index in [1.165, 1.54) is 6.92 Å². The maximum atomic E-state index is 13.1. The van der Waals surface area contributed by atoms with Gasteiger partial charge in [-0.2, -0.15) is 0 Å². The third-order valence-electron chi connectivity index (χ3n) is 4.96. The van der Waals surface area contributed by atoms with E-state index in [1.807, 2.05) is 44.2 Å². The summed E-state index contributed by atoms with van der Waals surface area (Å²) in [6.45, 7) is 5.82. The predicted molar refractivity (Wildman–Crippen MR) is 135 cm³/mol. The molecule has 1 rings (SSSR count). The second-order valence-corrected chi connectivity index (χ2v) is 8.79. The summed E-state index contributed by atoms with van der Waals surface area (Å²) in [7, 11) is 6.05. The molecule has 11 heteroatoms. The van der Waals surface area contributed by atoms with E-state index in [0.717, 1.165) is 5.56 Å². The van der Waals surface area contributed by atoms with Gasteiger partial charge in [0.05, 0.1) is 13.9 Å². The standard InChI is InChI=1S/C23H38BN7O3/c1-14(2)12-19(24)31-22(34)18(13-16-8-5-4-6-9-16)30-21(33)17(29-20(32)15(3)25)10-7-11-28-23(26)27/h4-6,8-9,14-15,17-19H,7,10-13,25H2,1-3H3,(H,29,32)(H,30,33)(H,31,34)(H4,26,27,28)/t15-,17-,18-,19-/m0/s1. The Balaban J connectivity index is 3.00. The van der Waals surface area contributed by atoms with Crippen molar-refractivity contribution in [1.82, 2.24) is 16.0 Å². The fourth-order valence-electron chi connectivity index (χ4n) is 3.26. The van der Waals surface area contributed by atoms with Crippen LogP contribution in [0.3, 0.4) is 0 Å². The average Bonchev–Trinajstić information content (AvgIpc) is 2.74. The van der Waals surface area contributed by atoms with Gasteiger partial charge in [-0.3, -0.25) is 19.4 Å². The summed E-state index contributed by atoms with van der Waals surface area (Å²) < 4.78 is 0. The molecule has 0 saturated carbocycles. The Morgan fingerprint density at radius 1 is 0.941 bits per heavy atom. The molecule has 9 N–H and O–H groups in total. The molecule has 10 nitrogen and oxygen atoms in total. The lowest BCUT2D eigenvalue weighted by Crippen LogP contribution is -2.57. The summed E-state index contributed by atoms with van der Waals surface area (Å²) >= 11 is 0. The number of nitrogens with two attached hydrogens (primary N) is 3. The highest BCUT2D eigenvalue weighted by molar-refractivity contribution is 6.13. The van der Waals surface area contributed by atoms with Gasteiger partial charge >= 0.3 is 0 Å². The maximum Gasteiger partial charge on any atom is 0.243 e. The summed E-state index contributed by atoms with van der Waals surface area (Å²) in [5.41, 5.74) is 17.2. The van der Waals surface area contributed by atoms with Gasteiger partial charge in [0.25, 0.3) is 0 Å². The van der Waals surface area contributed by atoms with Crippen molar-refractivity contribution in [3.63, 3.8) is 0 Å². The third kappa shape index (κ3) is 11.7. The van der Waals surface area contributed by atoms with Crippen LogP contribution >= 0.6 is 0 Å². The Hall–Kier alpha value is -3.08. The van der Waals surface area contributed by atoms with Gasteiger partial charge in [-0.15, -0.1) is 0 Å². The van der Waals surface area contributed by atoms with Gasteiger partial charge in [-0.25, -0.2) is 0 Å². The number of guanidine groups is 1. The molecule has 0 aliphatic carbocycles. The lowest BCUT2D eigenvalue weighted by atomic mass is 9.87. The number of nitrogens with one attached hydrogen (secondary N) is 3. The average molecular weight is 471 g/mol. The Morgan fingerprint density at radius 3 is 2.09 bits per heavy atom. The van der Waals surface area contributed by atoms with Gasteiger partial charge in [0.1, 0.15) is 12.1 Å². The molecular weight excluding hydrogens is 433 g/mol. The summed E-state index contributed by atoms with van der Waals surface area (Å²) in [6.07, 6.45) is 1.54. The van der Waals surface area contributed by atoms with Crippen molar-refractivity contribution in [2.24, 2.45) is 28.1 Å². The van der Waals surface area contributed by atoms with Gasteiger partial charge in [0.15, 0.2) is 5.96 Å². The Morgan fingerprint density at radius 2 is 1.53 bits per heavy atom. The monoisotopic (exact) mass is 471 g/mol. The first-order valence-corrected chi connectivity index (χ1v) is 11.5. The van der Waals surface area contributed by atoms with Crippen LogP contribution in [0, 0.1) is 5.92 Å². The van der Waals surface area contributed by atoms with Crippen LogP contribution in [0.15, 0.2) is 35.3 Å². The van der Waals surface area contributed by atoms with Crippen LogP contribution in [-0.4, -0.2) is 62.1 Å². The van der Waals surface area contributed by atoms with Gasteiger partial charge < -0.3 is 33.2 Å². The highest BCUT2D eigenvalue weighted by Crippen LogP contribution is 2.08. The van der Waals surface area contributed by atoms with E-state index in [0.29, 0.717) is 18.8 Å². The first-order valence-electron chi connectivity index (χ1n) is 11.5. The van der Waals surface area contributed by atoms with Gasteiger partial charge in [0, 0.05) is 13.0 Å². The highest BCUT2D eigenvalue weighted by atomic mass is 16.2. The maximum absolute atomic E-state index is 13.1. The number of amides is 3. The Bertz CT molecular complexity index is 814. The van der Waals surface area contributed by atoms with E-state index < -0.39 is 41.8 Å². The number of aliphatic imine (C=N–C) groups is 1. The quantitative estimate of drug-likeness (QED) is 0.0900. The zero-order valence-corrected chi connectivity index (χ0v) is 20.3. The molecule has 0 aliphatic heterocycles. The van der Waals surface area contributed by atoms with Crippen molar-refractivity contribution in [1.29, 1.82) is 0 Å². The van der Waals surface area contributed by atoms with Crippen LogP contribution in [0.5, 0.6) is 0 Å². The summed E-state index contributed by atoms with van der Waals surface area (Å²) in [5.74, 6) is -1.70. The zero-order valence-electron chi connectivity index (χ0n) is 20.3. The molecule has 34 heavy (non-hydrogen) atoms. The predicted octanol–water partition coefficient (Wildman–Crippen LogP) is -0.744. The van der Waals surface area contributed by atoms with Crippen molar-refractivity contribution < 1.29 is 14.4 Å². The lowest BCUT2D eigenvalue weighted by molar-refractivity contribution is -0.132. The minimum Gasteiger partial charge on any atom is -0.370 e. The Kier molecular flexibility index (Phi) is 12.7. The van der Waals surface area contributed by atoms with E-state index in [2.05, 4.69) is 20.9 Å². The van der Waals surface area contributed by atoms with Crippen LogP contribution in [-0.2, 0) is 20.8 Å². The molecule has 0 unspecified atom stereocenters. The van der Waals surface area contributed by atoms with Crippen LogP contribution in [0.1, 0.15) is 45.6 Å². The smallest absolute Gasteiger partial charge is 0.243 e. The molecule has 0 aliphatic rings. The molecule has 0 fully saturated rings. The second kappa shape index (κ2) is 14.9. The van der Waals surface area contributed by atoms with Gasteiger partial charge in [0.2, 0.25) is 17.7 Å². The minimum absolute atomic E-state index is 0.0575. The molecule has 3 amide bonds. The topological polar surface area (TPSA) is 178 Å². The van der Waals surface area contributed by atoms with Crippen molar-refractivity contribution in [2.45, 2.75) is 70.5 Å². The molecule has 0 spiro atoms. The van der Waals surface area contributed by atoms with Crippen molar-refractivity contribution >= 4 is 31.5 Å². The fourth-order valence-corrected chi connectivity index (χ4v) is 3.26. The van der Waals surface area contributed by atoms with Crippen molar-refractivity contribution in [3.05, 3.63) is 35.9 Å². The van der Waals surface area contributed by atoms with Crippen LogP contribution in [0.2, 0.25) is 0 Å². The lowest BCUT2D eigenvalue weighted by Gasteiger charge is -2.25. The second-order valence-electron chi connectivity index (χ2n) is 8.79. The van der Waals surface area contributed by atoms with Gasteiger partial charge in [-0.05, 0) is 43.6 Å². The number of nitrogens with zero attached hydrogens (tertiary/aromatic N) is 1. The van der Waals surface area contributed by atoms with Crippen molar-refractivity contribution in [2.75, 3.05) is 6.54 Å². The van der Waals surface area contributed by atoms with E-state index in [9.17, 15) is 14.4 Å². The van der Waals surface area contributed by atoms with Crippen LogP contribution < -0.4 is 33.2 Å². The number of carbonyl (C=O) groups excluding carboxylic acids is 3. The minimum atomic E-state index is -0.914. The first-order chi connectivity index (χ1) is 16.0.